The maximum Gasteiger partial charge on any atom is 0.123 e. The third-order valence-electron chi connectivity index (χ3n) is 3.04. The highest BCUT2D eigenvalue weighted by Crippen LogP contribution is 2.12. The molecule has 1 aliphatic heterocycles. The highest BCUT2D eigenvalue weighted by atomic mass is 19.1. The van der Waals surface area contributed by atoms with Crippen LogP contribution in [0.25, 0.3) is 0 Å². The lowest BCUT2D eigenvalue weighted by Gasteiger charge is -2.27. The van der Waals surface area contributed by atoms with E-state index in [4.69, 9.17) is 0 Å². The van der Waals surface area contributed by atoms with Gasteiger partial charge in [-0.1, -0.05) is 13.0 Å². The zero-order valence-electron chi connectivity index (χ0n) is 9.80. The second-order valence-electron chi connectivity index (χ2n) is 4.35. The number of rotatable bonds is 3. The van der Waals surface area contributed by atoms with Crippen molar-refractivity contribution in [2.75, 3.05) is 26.2 Å². The number of hydrogen-bond acceptors (Lipinski definition) is 2. The van der Waals surface area contributed by atoms with Gasteiger partial charge in [-0.2, -0.15) is 0 Å². The van der Waals surface area contributed by atoms with Crippen LogP contribution in [-0.4, -0.2) is 31.1 Å². The van der Waals surface area contributed by atoms with Gasteiger partial charge in [-0.05, 0) is 29.7 Å². The topological polar surface area (TPSA) is 15.3 Å². The second kappa shape index (κ2) is 5.41. The van der Waals surface area contributed by atoms with Crippen LogP contribution >= 0.6 is 0 Å². The second-order valence-corrected chi connectivity index (χ2v) is 4.35. The molecular weight excluding hydrogens is 203 g/mol. The van der Waals surface area contributed by atoms with Gasteiger partial charge in [-0.25, -0.2) is 4.39 Å². The zero-order chi connectivity index (χ0) is 11.4. The Morgan fingerprint density at radius 2 is 1.88 bits per heavy atom. The molecule has 1 aromatic carbocycles. The fraction of sp³-hybridized carbons (Fsp3) is 0.538. The molecule has 0 amide bonds. The molecule has 0 atom stereocenters. The van der Waals surface area contributed by atoms with Gasteiger partial charge in [-0.3, -0.25) is 4.90 Å². The van der Waals surface area contributed by atoms with Crippen molar-refractivity contribution in [1.82, 2.24) is 10.2 Å². The van der Waals surface area contributed by atoms with Crippen molar-refractivity contribution in [1.29, 1.82) is 0 Å². The van der Waals surface area contributed by atoms with Crippen LogP contribution in [-0.2, 0) is 13.0 Å². The van der Waals surface area contributed by atoms with E-state index in [2.05, 4.69) is 23.2 Å². The fourth-order valence-electron chi connectivity index (χ4n) is 2.14. The van der Waals surface area contributed by atoms with Gasteiger partial charge in [0.2, 0.25) is 0 Å². The Morgan fingerprint density at radius 3 is 2.56 bits per heavy atom. The summed E-state index contributed by atoms with van der Waals surface area (Å²) < 4.78 is 13.3. The quantitative estimate of drug-likeness (QED) is 0.839. The van der Waals surface area contributed by atoms with E-state index >= 15 is 0 Å². The highest BCUT2D eigenvalue weighted by Gasteiger charge is 2.10. The first-order chi connectivity index (χ1) is 7.78. The molecule has 88 valence electrons. The molecule has 1 saturated heterocycles. The van der Waals surface area contributed by atoms with E-state index in [-0.39, 0.29) is 5.82 Å². The van der Waals surface area contributed by atoms with Crippen molar-refractivity contribution in [3.8, 4) is 0 Å². The van der Waals surface area contributed by atoms with Gasteiger partial charge in [0, 0.05) is 32.7 Å². The molecule has 0 bridgehead atoms. The van der Waals surface area contributed by atoms with Crippen molar-refractivity contribution in [2.45, 2.75) is 19.9 Å². The van der Waals surface area contributed by atoms with Gasteiger partial charge < -0.3 is 5.32 Å². The van der Waals surface area contributed by atoms with E-state index in [1.807, 2.05) is 0 Å². The molecule has 2 nitrogen and oxygen atoms in total. The average Bonchev–Trinajstić information content (AvgIpc) is 2.29. The van der Waals surface area contributed by atoms with Crippen LogP contribution in [0.2, 0.25) is 0 Å². The molecule has 0 unspecified atom stereocenters. The first kappa shape index (κ1) is 11.6. The van der Waals surface area contributed by atoms with Gasteiger partial charge in [0.05, 0.1) is 0 Å². The van der Waals surface area contributed by atoms with Crippen molar-refractivity contribution in [3.05, 3.63) is 35.1 Å². The van der Waals surface area contributed by atoms with Gasteiger partial charge in [0.1, 0.15) is 5.82 Å². The Kier molecular flexibility index (Phi) is 3.91. The fourth-order valence-corrected chi connectivity index (χ4v) is 2.14. The summed E-state index contributed by atoms with van der Waals surface area (Å²) in [5, 5.41) is 3.32. The minimum absolute atomic E-state index is 0.107. The number of aryl methyl sites for hydroxylation is 1. The number of halogens is 1. The van der Waals surface area contributed by atoms with Crippen LogP contribution < -0.4 is 5.32 Å². The summed E-state index contributed by atoms with van der Waals surface area (Å²) in [6.45, 7) is 7.11. The van der Waals surface area contributed by atoms with Gasteiger partial charge in [0.25, 0.3) is 0 Å². The molecule has 0 radical (unpaired) electrons. The smallest absolute Gasteiger partial charge is 0.123 e. The van der Waals surface area contributed by atoms with Crippen molar-refractivity contribution >= 4 is 0 Å². The molecule has 0 saturated carbocycles. The predicted octanol–water partition coefficient (Wildman–Crippen LogP) is 1.79. The summed E-state index contributed by atoms with van der Waals surface area (Å²) in [5.41, 5.74) is 2.18. The van der Waals surface area contributed by atoms with E-state index in [9.17, 15) is 4.39 Å². The normalized spacial score (nSPS) is 17.6. The Bertz CT molecular complexity index is 346. The molecular formula is C13H19FN2. The average molecular weight is 222 g/mol. The van der Waals surface area contributed by atoms with Crippen molar-refractivity contribution < 1.29 is 4.39 Å². The van der Waals surface area contributed by atoms with Crippen LogP contribution in [0.1, 0.15) is 18.1 Å². The van der Waals surface area contributed by atoms with E-state index < -0.39 is 0 Å². The largest absolute Gasteiger partial charge is 0.314 e. The van der Waals surface area contributed by atoms with Crippen LogP contribution in [0.3, 0.4) is 0 Å². The summed E-state index contributed by atoms with van der Waals surface area (Å²) in [7, 11) is 0. The van der Waals surface area contributed by atoms with E-state index in [1.54, 1.807) is 12.1 Å². The van der Waals surface area contributed by atoms with Gasteiger partial charge in [0.15, 0.2) is 0 Å². The van der Waals surface area contributed by atoms with Gasteiger partial charge in [-0.15, -0.1) is 0 Å². The predicted molar refractivity (Wildman–Crippen MR) is 63.9 cm³/mol. The number of piperazine rings is 1. The molecule has 1 aromatic rings. The van der Waals surface area contributed by atoms with Crippen LogP contribution in [0.5, 0.6) is 0 Å². The standard InChI is InChI=1S/C13H19FN2/c1-2-11-7-12(9-13(14)8-11)10-16-5-3-15-4-6-16/h7-9,15H,2-6,10H2,1H3. The molecule has 0 spiro atoms. The molecule has 0 aliphatic carbocycles. The minimum atomic E-state index is -0.107. The van der Waals surface area contributed by atoms with Crippen molar-refractivity contribution in [2.24, 2.45) is 0 Å². The lowest BCUT2D eigenvalue weighted by Crippen LogP contribution is -2.42. The van der Waals surface area contributed by atoms with Crippen LogP contribution in [0.15, 0.2) is 18.2 Å². The summed E-state index contributed by atoms with van der Waals surface area (Å²) in [6, 6.07) is 5.40. The first-order valence-corrected chi connectivity index (χ1v) is 5.99. The summed E-state index contributed by atoms with van der Waals surface area (Å²) in [4.78, 5) is 2.37. The van der Waals surface area contributed by atoms with E-state index in [1.165, 1.54) is 0 Å². The lowest BCUT2D eigenvalue weighted by molar-refractivity contribution is 0.233. The van der Waals surface area contributed by atoms with E-state index in [0.29, 0.717) is 0 Å². The maximum absolute atomic E-state index is 13.3. The highest BCUT2D eigenvalue weighted by molar-refractivity contribution is 5.24. The number of hydrogen-bond donors (Lipinski definition) is 1. The summed E-state index contributed by atoms with van der Waals surface area (Å²) >= 11 is 0. The molecule has 0 aromatic heterocycles. The molecule has 1 aliphatic rings. The van der Waals surface area contributed by atoms with E-state index in [0.717, 1.165) is 50.3 Å². The summed E-state index contributed by atoms with van der Waals surface area (Å²) in [5.74, 6) is -0.107. The molecule has 2 rings (SSSR count). The molecule has 16 heavy (non-hydrogen) atoms. The molecule has 1 heterocycles. The Labute approximate surface area is 96.5 Å². The first-order valence-electron chi connectivity index (χ1n) is 5.99. The summed E-state index contributed by atoms with van der Waals surface area (Å²) in [6.07, 6.45) is 0.895. The van der Waals surface area contributed by atoms with Crippen molar-refractivity contribution in [3.63, 3.8) is 0 Å². The Morgan fingerprint density at radius 1 is 1.19 bits per heavy atom. The molecule has 3 heteroatoms. The number of nitrogens with zero attached hydrogens (tertiary/aromatic N) is 1. The van der Waals surface area contributed by atoms with Crippen LogP contribution in [0.4, 0.5) is 4.39 Å². The zero-order valence-corrected chi connectivity index (χ0v) is 9.80. The number of nitrogens with one attached hydrogen (secondary N) is 1. The minimum Gasteiger partial charge on any atom is -0.314 e. The monoisotopic (exact) mass is 222 g/mol. The Hall–Kier alpha value is -0.930. The third kappa shape index (κ3) is 3.03. The maximum atomic E-state index is 13.3. The Balaban J connectivity index is 2.04. The molecule has 1 fully saturated rings. The SMILES string of the molecule is CCc1cc(F)cc(CN2CCNCC2)c1. The van der Waals surface area contributed by atoms with Crippen LogP contribution in [0, 0.1) is 5.82 Å². The third-order valence-corrected chi connectivity index (χ3v) is 3.04. The van der Waals surface area contributed by atoms with Gasteiger partial charge >= 0.3 is 0 Å². The number of benzene rings is 1. The lowest BCUT2D eigenvalue weighted by atomic mass is 10.1. The molecule has 1 N–H and O–H groups in total.